The van der Waals surface area contributed by atoms with E-state index in [4.69, 9.17) is 11.6 Å². The molecule has 2 rings (SSSR count). The number of hydrogen-bond donors (Lipinski definition) is 1. The van der Waals surface area contributed by atoms with Gasteiger partial charge < -0.3 is 10.2 Å². The summed E-state index contributed by atoms with van der Waals surface area (Å²) in [6.45, 7) is 7.84. The van der Waals surface area contributed by atoms with Gasteiger partial charge >= 0.3 is 0 Å². The number of thiazole rings is 1. The minimum atomic E-state index is 0.773. The average molecular weight is 260 g/mol. The molecule has 2 heterocycles. The lowest BCUT2D eigenvalue weighted by atomic mass is 10.1. The Bertz CT molecular complexity index is 329. The third-order valence-corrected chi connectivity index (χ3v) is 4.17. The van der Waals surface area contributed by atoms with Gasteiger partial charge in [0.25, 0.3) is 0 Å². The zero-order valence-electron chi connectivity index (χ0n) is 9.58. The predicted octanol–water partition coefficient (Wildman–Crippen LogP) is 2.23. The molecule has 0 aliphatic carbocycles. The smallest absolute Gasteiger partial charge is 0.113 e. The topological polar surface area (TPSA) is 28.2 Å². The molecule has 0 amide bonds. The van der Waals surface area contributed by atoms with Crippen molar-refractivity contribution in [3.8, 4) is 0 Å². The van der Waals surface area contributed by atoms with Crippen LogP contribution < -0.4 is 5.32 Å². The van der Waals surface area contributed by atoms with Crippen LogP contribution in [0, 0.1) is 5.92 Å². The number of nitrogens with zero attached hydrogens (tertiary/aromatic N) is 2. The van der Waals surface area contributed by atoms with E-state index in [0.29, 0.717) is 0 Å². The second-order valence-electron chi connectivity index (χ2n) is 4.24. The fraction of sp³-hybridized carbons (Fsp3) is 0.727. The van der Waals surface area contributed by atoms with E-state index in [1.54, 1.807) is 17.5 Å². The second kappa shape index (κ2) is 5.96. The van der Waals surface area contributed by atoms with Crippen LogP contribution in [0.3, 0.4) is 0 Å². The standard InChI is InChI=1S/C11H18ClN3S/c1-2-15-4-3-9(8-15)5-13-7-11-14-6-10(12)16-11/h6,9,13H,2-5,7-8H2,1H3. The van der Waals surface area contributed by atoms with Gasteiger partial charge in [-0.25, -0.2) is 4.98 Å². The monoisotopic (exact) mass is 259 g/mol. The molecule has 1 aliphatic rings. The van der Waals surface area contributed by atoms with E-state index < -0.39 is 0 Å². The van der Waals surface area contributed by atoms with Crippen molar-refractivity contribution < 1.29 is 0 Å². The van der Waals surface area contributed by atoms with Gasteiger partial charge in [0.2, 0.25) is 0 Å². The molecule has 3 nitrogen and oxygen atoms in total. The number of rotatable bonds is 5. The van der Waals surface area contributed by atoms with E-state index in [9.17, 15) is 0 Å². The van der Waals surface area contributed by atoms with Gasteiger partial charge in [0.15, 0.2) is 0 Å². The van der Waals surface area contributed by atoms with Crippen molar-refractivity contribution in [3.05, 3.63) is 15.5 Å². The summed E-state index contributed by atoms with van der Waals surface area (Å²) >= 11 is 7.38. The first-order valence-corrected chi connectivity index (χ1v) is 7.00. The van der Waals surface area contributed by atoms with E-state index in [1.807, 2.05) is 0 Å². The molecule has 5 heteroatoms. The van der Waals surface area contributed by atoms with Crippen LogP contribution >= 0.6 is 22.9 Å². The molecule has 1 saturated heterocycles. The molecule has 1 unspecified atom stereocenters. The molecule has 1 atom stereocenters. The van der Waals surface area contributed by atoms with Crippen molar-refractivity contribution in [1.29, 1.82) is 0 Å². The van der Waals surface area contributed by atoms with Crippen LogP contribution in [-0.2, 0) is 6.54 Å². The molecule has 0 radical (unpaired) electrons. The molecule has 1 aliphatic heterocycles. The highest BCUT2D eigenvalue weighted by Gasteiger charge is 2.20. The molecule has 0 bridgehead atoms. The average Bonchev–Trinajstić information content (AvgIpc) is 2.88. The zero-order valence-corrected chi connectivity index (χ0v) is 11.2. The highest BCUT2D eigenvalue weighted by atomic mass is 35.5. The lowest BCUT2D eigenvalue weighted by Gasteiger charge is -2.13. The molecule has 1 aromatic heterocycles. The highest BCUT2D eigenvalue weighted by molar-refractivity contribution is 7.15. The zero-order chi connectivity index (χ0) is 11.4. The summed E-state index contributed by atoms with van der Waals surface area (Å²) in [5, 5.41) is 4.54. The van der Waals surface area contributed by atoms with Gasteiger partial charge in [0.05, 0.1) is 6.20 Å². The van der Waals surface area contributed by atoms with Crippen LogP contribution in [0.5, 0.6) is 0 Å². The summed E-state index contributed by atoms with van der Waals surface area (Å²) in [5.74, 6) is 0.801. The maximum Gasteiger partial charge on any atom is 0.113 e. The van der Waals surface area contributed by atoms with E-state index in [0.717, 1.165) is 28.4 Å². The quantitative estimate of drug-likeness (QED) is 0.879. The van der Waals surface area contributed by atoms with Gasteiger partial charge in [-0.2, -0.15) is 0 Å². The van der Waals surface area contributed by atoms with Crippen molar-refractivity contribution in [2.24, 2.45) is 5.92 Å². The number of aromatic nitrogens is 1. The van der Waals surface area contributed by atoms with Crippen LogP contribution in [0.15, 0.2) is 6.20 Å². The van der Waals surface area contributed by atoms with Gasteiger partial charge in [-0.3, -0.25) is 0 Å². The Balaban J connectivity index is 1.65. The first-order chi connectivity index (χ1) is 7.78. The highest BCUT2D eigenvalue weighted by Crippen LogP contribution is 2.18. The number of nitrogens with one attached hydrogen (secondary N) is 1. The van der Waals surface area contributed by atoms with Crippen LogP contribution in [0.25, 0.3) is 0 Å². The van der Waals surface area contributed by atoms with Gasteiger partial charge in [-0.05, 0) is 32.0 Å². The Morgan fingerprint density at radius 3 is 3.19 bits per heavy atom. The molecule has 0 spiro atoms. The maximum atomic E-state index is 5.83. The molecule has 0 aromatic carbocycles. The Morgan fingerprint density at radius 2 is 2.56 bits per heavy atom. The Hall–Kier alpha value is -0.160. The van der Waals surface area contributed by atoms with Gasteiger partial charge in [0.1, 0.15) is 9.34 Å². The Morgan fingerprint density at radius 1 is 1.69 bits per heavy atom. The van der Waals surface area contributed by atoms with E-state index >= 15 is 0 Å². The molecular formula is C11H18ClN3S. The van der Waals surface area contributed by atoms with Crippen molar-refractivity contribution in [2.75, 3.05) is 26.2 Å². The molecule has 16 heavy (non-hydrogen) atoms. The van der Waals surface area contributed by atoms with Gasteiger partial charge in [-0.1, -0.05) is 18.5 Å². The third-order valence-electron chi connectivity index (χ3n) is 3.05. The molecule has 1 N–H and O–H groups in total. The van der Waals surface area contributed by atoms with E-state index in [-0.39, 0.29) is 0 Å². The maximum absolute atomic E-state index is 5.83. The fourth-order valence-corrected chi connectivity index (χ4v) is 3.05. The van der Waals surface area contributed by atoms with Crippen LogP contribution in [0.2, 0.25) is 4.34 Å². The van der Waals surface area contributed by atoms with E-state index in [2.05, 4.69) is 22.1 Å². The minimum absolute atomic E-state index is 0.773. The normalized spacial score (nSPS) is 21.8. The molecule has 1 fully saturated rings. The number of likely N-dealkylation sites (tertiary alicyclic amines) is 1. The first-order valence-electron chi connectivity index (χ1n) is 5.81. The molecular weight excluding hydrogens is 242 g/mol. The number of hydrogen-bond acceptors (Lipinski definition) is 4. The Labute approximate surface area is 106 Å². The summed E-state index contributed by atoms with van der Waals surface area (Å²) in [6, 6.07) is 0. The van der Waals surface area contributed by atoms with Crippen LogP contribution in [0.4, 0.5) is 0 Å². The molecule has 90 valence electrons. The summed E-state index contributed by atoms with van der Waals surface area (Å²) < 4.78 is 0.773. The summed E-state index contributed by atoms with van der Waals surface area (Å²) in [6.07, 6.45) is 3.04. The lowest BCUT2D eigenvalue weighted by Crippen LogP contribution is -2.26. The number of halogens is 1. The van der Waals surface area contributed by atoms with Crippen molar-refractivity contribution >= 4 is 22.9 Å². The van der Waals surface area contributed by atoms with Crippen molar-refractivity contribution in [3.63, 3.8) is 0 Å². The minimum Gasteiger partial charge on any atom is -0.310 e. The van der Waals surface area contributed by atoms with Crippen LogP contribution in [-0.4, -0.2) is 36.1 Å². The van der Waals surface area contributed by atoms with E-state index in [1.165, 1.54) is 26.1 Å². The SMILES string of the molecule is CCN1CCC(CNCc2ncc(Cl)s2)C1. The third kappa shape index (κ3) is 3.42. The lowest BCUT2D eigenvalue weighted by molar-refractivity contribution is 0.339. The first kappa shape index (κ1) is 12.3. The summed E-state index contributed by atoms with van der Waals surface area (Å²) in [4.78, 5) is 6.73. The largest absolute Gasteiger partial charge is 0.310 e. The van der Waals surface area contributed by atoms with Gasteiger partial charge in [0, 0.05) is 13.1 Å². The molecule has 1 aromatic rings. The predicted molar refractivity (Wildman–Crippen MR) is 69.1 cm³/mol. The van der Waals surface area contributed by atoms with Gasteiger partial charge in [-0.15, -0.1) is 11.3 Å². The summed E-state index contributed by atoms with van der Waals surface area (Å²) in [5.41, 5.74) is 0. The molecule has 0 saturated carbocycles. The summed E-state index contributed by atoms with van der Waals surface area (Å²) in [7, 11) is 0. The van der Waals surface area contributed by atoms with Crippen molar-refractivity contribution in [1.82, 2.24) is 15.2 Å². The van der Waals surface area contributed by atoms with Crippen molar-refractivity contribution in [2.45, 2.75) is 19.9 Å². The van der Waals surface area contributed by atoms with Crippen LogP contribution in [0.1, 0.15) is 18.4 Å². The second-order valence-corrected chi connectivity index (χ2v) is 5.98. The Kier molecular flexibility index (Phi) is 4.58. The fourth-order valence-electron chi connectivity index (χ4n) is 2.12.